The van der Waals surface area contributed by atoms with Crippen LogP contribution in [0, 0.1) is 0 Å². The minimum atomic E-state index is -1.23. The van der Waals surface area contributed by atoms with Gasteiger partial charge in [-0.2, -0.15) is 0 Å². The Balaban J connectivity index is -0.000000221. The fourth-order valence-electron chi connectivity index (χ4n) is 0.437. The van der Waals surface area contributed by atoms with Crippen LogP contribution in [0.1, 0.15) is 32.6 Å². The van der Waals surface area contributed by atoms with Crippen LogP contribution < -0.4 is 0 Å². The minimum Gasteiger partial charge on any atom is -0.481 e. The van der Waals surface area contributed by atoms with Gasteiger partial charge in [0.1, 0.15) is 6.10 Å². The molecule has 0 saturated heterocycles. The summed E-state index contributed by atoms with van der Waals surface area (Å²) in [5.74, 6) is -3.34. The summed E-state index contributed by atoms with van der Waals surface area (Å²) in [5.41, 5.74) is 0. The zero-order valence-corrected chi connectivity index (χ0v) is 11.2. The quantitative estimate of drug-likeness (QED) is 0.327. The Kier molecular flexibility index (Phi) is 20.2. The Morgan fingerprint density at radius 3 is 1.20 bits per heavy atom. The molecular weight excluding hydrogens is 276 g/mol. The predicted octanol–water partition coefficient (Wildman–Crippen LogP) is -0.861. The van der Waals surface area contributed by atoms with Gasteiger partial charge in [-0.3, -0.25) is 9.59 Å². The highest BCUT2D eigenvalue weighted by atomic mass is 16.4. The first kappa shape index (κ1) is 23.4. The highest BCUT2D eigenvalue weighted by molar-refractivity contribution is 5.75. The number of hydrogen-bond donors (Lipinski definition) is 6. The first-order valence-electron chi connectivity index (χ1n) is 5.75. The molecule has 0 aliphatic carbocycles. The maximum absolute atomic E-state index is 9.64. The average Bonchev–Trinajstić information content (AvgIpc) is 2.35. The standard InChI is InChI=1S/C4H6O4.C4H10O2.C3H6O3/c5-3(6)1-2-4(7)8;5-3-1-2-4-6;1-2(4)3(5)6/h1-2H2,(H,5,6)(H,7,8);5-6H,1-4H2;2,4H,1H3,(H,5,6). The average molecular weight is 298 g/mol. The number of carbonyl (C=O) groups is 3. The summed E-state index contributed by atoms with van der Waals surface area (Å²) >= 11 is 0. The van der Waals surface area contributed by atoms with Gasteiger partial charge in [0.15, 0.2) is 0 Å². The van der Waals surface area contributed by atoms with Gasteiger partial charge in [-0.25, -0.2) is 4.79 Å². The molecule has 0 aromatic carbocycles. The van der Waals surface area contributed by atoms with Crippen molar-refractivity contribution in [2.75, 3.05) is 13.2 Å². The Labute approximate surface area is 116 Å². The van der Waals surface area contributed by atoms with Crippen molar-refractivity contribution in [3.8, 4) is 0 Å². The van der Waals surface area contributed by atoms with Gasteiger partial charge in [0.25, 0.3) is 0 Å². The number of unbranched alkanes of at least 4 members (excludes halogenated alkanes) is 1. The third kappa shape index (κ3) is 36.0. The Morgan fingerprint density at radius 2 is 1.10 bits per heavy atom. The normalized spacial score (nSPS) is 10.2. The molecule has 0 aromatic rings. The summed E-state index contributed by atoms with van der Waals surface area (Å²) < 4.78 is 0. The summed E-state index contributed by atoms with van der Waals surface area (Å²) in [4.78, 5) is 28.7. The molecule has 20 heavy (non-hydrogen) atoms. The second-order valence-electron chi connectivity index (χ2n) is 3.46. The van der Waals surface area contributed by atoms with Crippen LogP contribution in [0.2, 0.25) is 0 Å². The molecule has 0 rings (SSSR count). The third-order valence-corrected chi connectivity index (χ3v) is 1.48. The molecule has 0 aromatic heterocycles. The molecule has 120 valence electrons. The van der Waals surface area contributed by atoms with E-state index >= 15 is 0 Å². The van der Waals surface area contributed by atoms with Crippen LogP contribution >= 0.6 is 0 Å². The number of rotatable bonds is 7. The van der Waals surface area contributed by atoms with Gasteiger partial charge >= 0.3 is 17.9 Å². The van der Waals surface area contributed by atoms with Gasteiger partial charge in [-0.15, -0.1) is 0 Å². The largest absolute Gasteiger partial charge is 0.481 e. The molecule has 0 radical (unpaired) electrons. The van der Waals surface area contributed by atoms with Gasteiger partial charge in [-0.05, 0) is 19.8 Å². The van der Waals surface area contributed by atoms with Crippen molar-refractivity contribution < 1.29 is 45.0 Å². The van der Waals surface area contributed by atoms with Crippen LogP contribution in [0.4, 0.5) is 0 Å². The van der Waals surface area contributed by atoms with Crippen LogP contribution in [-0.4, -0.2) is 67.9 Å². The molecule has 0 spiro atoms. The van der Waals surface area contributed by atoms with E-state index in [1.807, 2.05) is 0 Å². The molecule has 1 atom stereocenters. The van der Waals surface area contributed by atoms with Crippen LogP contribution in [-0.2, 0) is 14.4 Å². The fraction of sp³-hybridized carbons (Fsp3) is 0.727. The minimum absolute atomic E-state index is 0.195. The van der Waals surface area contributed by atoms with Crippen molar-refractivity contribution in [3.05, 3.63) is 0 Å². The molecule has 0 saturated carbocycles. The number of aliphatic hydroxyl groups excluding tert-OH is 3. The van der Waals surface area contributed by atoms with E-state index in [1.165, 1.54) is 6.92 Å². The third-order valence-electron chi connectivity index (χ3n) is 1.48. The first-order chi connectivity index (χ1) is 9.18. The van der Waals surface area contributed by atoms with Crippen LogP contribution in [0.5, 0.6) is 0 Å². The lowest BCUT2D eigenvalue weighted by Gasteiger charge is -1.89. The number of hydrogen-bond acceptors (Lipinski definition) is 6. The van der Waals surface area contributed by atoms with Crippen molar-refractivity contribution in [2.45, 2.75) is 38.7 Å². The number of aliphatic hydroxyl groups is 3. The molecule has 0 heterocycles. The second-order valence-corrected chi connectivity index (χ2v) is 3.46. The van der Waals surface area contributed by atoms with Crippen LogP contribution in [0.25, 0.3) is 0 Å². The summed E-state index contributed by atoms with van der Waals surface area (Å²) in [6.07, 6.45) is -0.387. The maximum Gasteiger partial charge on any atom is 0.332 e. The molecule has 0 bridgehead atoms. The van der Waals surface area contributed by atoms with E-state index in [0.717, 1.165) is 12.8 Å². The van der Waals surface area contributed by atoms with Crippen LogP contribution in [0.15, 0.2) is 0 Å². The van der Waals surface area contributed by atoms with Crippen molar-refractivity contribution in [1.29, 1.82) is 0 Å². The lowest BCUT2D eigenvalue weighted by atomic mass is 10.3. The predicted molar refractivity (Wildman–Crippen MR) is 67.2 cm³/mol. The smallest absolute Gasteiger partial charge is 0.332 e. The number of carboxylic acids is 3. The highest BCUT2D eigenvalue weighted by Gasteiger charge is 2.01. The van der Waals surface area contributed by atoms with E-state index in [-0.39, 0.29) is 26.1 Å². The molecule has 0 aliphatic rings. The summed E-state index contributed by atoms with van der Waals surface area (Å²) in [6.45, 7) is 1.59. The summed E-state index contributed by atoms with van der Waals surface area (Å²) in [5, 5.41) is 47.7. The zero-order valence-electron chi connectivity index (χ0n) is 11.2. The van der Waals surface area contributed by atoms with Gasteiger partial charge < -0.3 is 30.6 Å². The van der Waals surface area contributed by atoms with E-state index in [1.54, 1.807) is 0 Å². The van der Waals surface area contributed by atoms with Crippen molar-refractivity contribution in [2.24, 2.45) is 0 Å². The topological polar surface area (TPSA) is 173 Å². The molecule has 0 aliphatic heterocycles. The van der Waals surface area contributed by atoms with Gasteiger partial charge in [0.2, 0.25) is 0 Å². The second kappa shape index (κ2) is 17.3. The van der Waals surface area contributed by atoms with Gasteiger partial charge in [0, 0.05) is 13.2 Å². The molecule has 0 fully saturated rings. The molecule has 1 unspecified atom stereocenters. The zero-order chi connectivity index (χ0) is 16.6. The maximum atomic E-state index is 9.64. The Morgan fingerprint density at radius 1 is 0.850 bits per heavy atom. The molecule has 6 N–H and O–H groups in total. The lowest BCUT2D eigenvalue weighted by Crippen LogP contribution is -2.13. The summed E-state index contributed by atoms with van der Waals surface area (Å²) in [7, 11) is 0. The lowest BCUT2D eigenvalue weighted by molar-refractivity contribution is -0.145. The van der Waals surface area contributed by atoms with Crippen molar-refractivity contribution >= 4 is 17.9 Å². The molecule has 9 nitrogen and oxygen atoms in total. The monoisotopic (exact) mass is 298 g/mol. The summed E-state index contributed by atoms with van der Waals surface area (Å²) in [6, 6.07) is 0. The van der Waals surface area contributed by atoms with Crippen LogP contribution in [0.3, 0.4) is 0 Å². The van der Waals surface area contributed by atoms with E-state index in [4.69, 9.17) is 30.6 Å². The molecule has 0 amide bonds. The molecular formula is C11H22O9. The van der Waals surface area contributed by atoms with Gasteiger partial charge in [-0.1, -0.05) is 0 Å². The SMILES string of the molecule is CC(O)C(=O)O.O=C(O)CCC(=O)O.OCCCCO. The van der Waals surface area contributed by atoms with Crippen molar-refractivity contribution in [3.63, 3.8) is 0 Å². The molecule has 9 heteroatoms. The van der Waals surface area contributed by atoms with E-state index in [2.05, 4.69) is 0 Å². The number of aliphatic carboxylic acids is 3. The Bertz CT molecular complexity index is 245. The van der Waals surface area contributed by atoms with E-state index < -0.39 is 24.0 Å². The first-order valence-corrected chi connectivity index (χ1v) is 5.75. The van der Waals surface area contributed by atoms with E-state index in [0.29, 0.717) is 0 Å². The number of carboxylic acid groups (broad SMARTS) is 3. The highest BCUT2D eigenvalue weighted by Crippen LogP contribution is 1.86. The van der Waals surface area contributed by atoms with Crippen molar-refractivity contribution in [1.82, 2.24) is 0 Å². The fourth-order valence-corrected chi connectivity index (χ4v) is 0.437. The van der Waals surface area contributed by atoms with E-state index in [9.17, 15) is 14.4 Å². The van der Waals surface area contributed by atoms with Gasteiger partial charge in [0.05, 0.1) is 12.8 Å². The Hall–Kier alpha value is -1.71.